The fourth-order valence-electron chi connectivity index (χ4n) is 0.432. The Balaban J connectivity index is 5.41. The van der Waals surface area contributed by atoms with Crippen LogP contribution in [0.5, 0.6) is 0 Å². The van der Waals surface area contributed by atoms with Crippen LogP contribution in [0.15, 0.2) is 0 Å². The van der Waals surface area contributed by atoms with Gasteiger partial charge >= 0.3 is 27.8 Å². The largest absolute Gasteiger partial charge is 0.442 e. The van der Waals surface area contributed by atoms with E-state index < -0.39 is 38.8 Å². The Morgan fingerprint density at radius 3 is 1.62 bits per heavy atom. The van der Waals surface area contributed by atoms with E-state index in [0.29, 0.717) is 0 Å². The fourth-order valence-corrected chi connectivity index (χ4v) is 1.60. The Bertz CT molecular complexity index is 352. The molecule has 13 heteroatoms. The molecule has 0 spiro atoms. The van der Waals surface area contributed by atoms with E-state index in [-0.39, 0.29) is 0 Å². The summed E-state index contributed by atoms with van der Waals surface area (Å²) in [6, 6.07) is 0. The summed E-state index contributed by atoms with van der Waals surface area (Å²) in [7, 11) is -3.84. The van der Waals surface area contributed by atoms with Crippen LogP contribution in [-0.2, 0) is 14.7 Å². The molecule has 0 amide bonds. The number of hydrogen-bond acceptors (Lipinski definition) is 4. The molecule has 0 N–H and O–H groups in total. The SMILES string of the molecule is O=S(=O)(F)OC(F)(F)C(F)(SCl)C(F)(F)F. The lowest BCUT2D eigenvalue weighted by Crippen LogP contribution is -2.54. The molecule has 0 aromatic carbocycles. The van der Waals surface area contributed by atoms with Crippen LogP contribution in [0.25, 0.3) is 0 Å². The molecule has 1 unspecified atom stereocenters. The zero-order valence-electron chi connectivity index (χ0n) is 6.56. The lowest BCUT2D eigenvalue weighted by Gasteiger charge is -2.29. The fraction of sp³-hybridized carbons (Fsp3) is 1.00. The molecular formula is C3ClF7O3S2. The summed E-state index contributed by atoms with van der Waals surface area (Å²) < 4.78 is 106. The molecule has 0 bridgehead atoms. The number of halogens is 8. The minimum Gasteiger partial charge on any atom is -0.210 e. The van der Waals surface area contributed by atoms with Crippen LogP contribution in [-0.4, -0.2) is 25.7 Å². The molecule has 0 aliphatic carbocycles. The third-order valence-electron chi connectivity index (χ3n) is 1.05. The van der Waals surface area contributed by atoms with Crippen molar-refractivity contribution in [2.75, 3.05) is 0 Å². The summed E-state index contributed by atoms with van der Waals surface area (Å²) >= 11 is 0. The van der Waals surface area contributed by atoms with Crippen molar-refractivity contribution in [3.05, 3.63) is 0 Å². The Labute approximate surface area is 92.8 Å². The van der Waals surface area contributed by atoms with E-state index >= 15 is 0 Å². The van der Waals surface area contributed by atoms with Crippen molar-refractivity contribution in [2.24, 2.45) is 0 Å². The molecule has 0 aromatic heterocycles. The Morgan fingerprint density at radius 1 is 1.06 bits per heavy atom. The highest BCUT2D eigenvalue weighted by molar-refractivity contribution is 8.22. The first-order valence-electron chi connectivity index (χ1n) is 2.85. The van der Waals surface area contributed by atoms with Crippen molar-refractivity contribution in [2.45, 2.75) is 17.3 Å². The summed E-state index contributed by atoms with van der Waals surface area (Å²) in [5.41, 5.74) is 0. The maximum atomic E-state index is 12.7. The molecule has 0 saturated carbocycles. The molecular weight excluding hydrogens is 317 g/mol. The van der Waals surface area contributed by atoms with Gasteiger partial charge in [0.2, 0.25) is 0 Å². The van der Waals surface area contributed by atoms with Gasteiger partial charge in [-0.1, -0.05) is 3.89 Å². The summed E-state index contributed by atoms with van der Waals surface area (Å²) in [6.07, 6.45) is -12.3. The summed E-state index contributed by atoms with van der Waals surface area (Å²) in [5.74, 6) is 0. The second-order valence-corrected chi connectivity index (χ2v) is 4.30. The predicted molar refractivity (Wildman–Crippen MR) is 39.4 cm³/mol. The quantitative estimate of drug-likeness (QED) is 0.591. The van der Waals surface area contributed by atoms with Crippen LogP contribution in [0.1, 0.15) is 0 Å². The molecule has 0 fully saturated rings. The van der Waals surface area contributed by atoms with Crippen molar-refractivity contribution in [1.82, 2.24) is 0 Å². The normalized spacial score (nSPS) is 18.2. The molecule has 0 saturated heterocycles. The van der Waals surface area contributed by atoms with Crippen LogP contribution in [0.4, 0.5) is 30.2 Å². The topological polar surface area (TPSA) is 43.4 Å². The summed E-state index contributed by atoms with van der Waals surface area (Å²) in [4.78, 5) is 0. The van der Waals surface area contributed by atoms with Gasteiger partial charge in [0.1, 0.15) is 0 Å². The predicted octanol–water partition coefficient (Wildman–Crippen LogP) is 2.93. The summed E-state index contributed by atoms with van der Waals surface area (Å²) in [6.45, 7) is 0. The molecule has 0 aliphatic rings. The van der Waals surface area contributed by atoms with Gasteiger partial charge in [-0.25, -0.2) is 4.39 Å². The van der Waals surface area contributed by atoms with Gasteiger partial charge in [-0.05, 0) is 10.7 Å². The van der Waals surface area contributed by atoms with Gasteiger partial charge in [0.25, 0.3) is 0 Å². The highest BCUT2D eigenvalue weighted by Gasteiger charge is 2.75. The first-order valence-corrected chi connectivity index (χ1v) is 5.80. The van der Waals surface area contributed by atoms with Crippen molar-refractivity contribution in [3.8, 4) is 0 Å². The van der Waals surface area contributed by atoms with Crippen molar-refractivity contribution in [3.63, 3.8) is 0 Å². The van der Waals surface area contributed by atoms with Gasteiger partial charge in [-0.2, -0.15) is 34.6 Å². The minimum atomic E-state index is -6.50. The van der Waals surface area contributed by atoms with E-state index in [1.54, 1.807) is 0 Å². The Kier molecular flexibility index (Phi) is 4.40. The van der Waals surface area contributed by atoms with E-state index in [1.165, 1.54) is 0 Å². The van der Waals surface area contributed by atoms with Gasteiger partial charge in [-0.15, -0.1) is 0 Å². The molecule has 98 valence electrons. The molecule has 0 aliphatic heterocycles. The van der Waals surface area contributed by atoms with E-state index in [4.69, 9.17) is 0 Å². The lowest BCUT2D eigenvalue weighted by atomic mass is 10.3. The average molecular weight is 317 g/mol. The van der Waals surface area contributed by atoms with E-state index in [0.717, 1.165) is 0 Å². The standard InChI is InChI=1S/C3ClF7O3S2/c4-15-1(5,2(6,7)8)3(9,10)14-16(11,12)13. The molecule has 0 rings (SSSR count). The molecule has 0 radical (unpaired) electrons. The number of alkyl halides is 6. The molecule has 16 heavy (non-hydrogen) atoms. The number of rotatable bonds is 4. The summed E-state index contributed by atoms with van der Waals surface area (Å²) in [5, 5.41) is -5.61. The van der Waals surface area contributed by atoms with Crippen molar-refractivity contribution < 1.29 is 42.8 Å². The van der Waals surface area contributed by atoms with Crippen LogP contribution >= 0.6 is 21.7 Å². The zero-order valence-corrected chi connectivity index (χ0v) is 8.95. The van der Waals surface area contributed by atoms with Crippen molar-refractivity contribution in [1.29, 1.82) is 0 Å². The van der Waals surface area contributed by atoms with Gasteiger partial charge in [0.05, 0.1) is 0 Å². The molecule has 0 heterocycles. The minimum absolute atomic E-state index is 1.60. The maximum absolute atomic E-state index is 12.7. The van der Waals surface area contributed by atoms with E-state index in [1.807, 2.05) is 0 Å². The first-order chi connectivity index (χ1) is 6.77. The van der Waals surface area contributed by atoms with Crippen LogP contribution in [0.3, 0.4) is 0 Å². The zero-order chi connectivity index (χ0) is 13.4. The smallest absolute Gasteiger partial charge is 0.210 e. The maximum Gasteiger partial charge on any atom is 0.442 e. The number of hydrogen-bond donors (Lipinski definition) is 0. The highest BCUT2D eigenvalue weighted by atomic mass is 35.7. The second kappa shape index (κ2) is 4.38. The van der Waals surface area contributed by atoms with Gasteiger partial charge < -0.3 is 0 Å². The highest BCUT2D eigenvalue weighted by Crippen LogP contribution is 2.54. The van der Waals surface area contributed by atoms with Gasteiger partial charge in [0, 0.05) is 11.0 Å². The molecule has 0 aromatic rings. The van der Waals surface area contributed by atoms with Crippen LogP contribution < -0.4 is 0 Å². The van der Waals surface area contributed by atoms with Crippen LogP contribution in [0, 0.1) is 0 Å². The Hall–Kier alpha value is 0.0600. The second-order valence-electron chi connectivity index (χ2n) is 2.16. The van der Waals surface area contributed by atoms with Crippen LogP contribution in [0.2, 0.25) is 0 Å². The lowest BCUT2D eigenvalue weighted by molar-refractivity contribution is -0.320. The van der Waals surface area contributed by atoms with E-state index in [9.17, 15) is 38.6 Å². The molecule has 3 nitrogen and oxygen atoms in total. The van der Waals surface area contributed by atoms with Crippen molar-refractivity contribution >= 4 is 32.2 Å². The Morgan fingerprint density at radius 2 is 1.44 bits per heavy atom. The third kappa shape index (κ3) is 3.28. The first kappa shape index (κ1) is 16.1. The third-order valence-corrected chi connectivity index (χ3v) is 2.78. The average Bonchev–Trinajstić information content (AvgIpc) is 1.95. The van der Waals surface area contributed by atoms with Gasteiger partial charge in [-0.3, -0.25) is 0 Å². The molecule has 1 atom stereocenters. The van der Waals surface area contributed by atoms with E-state index in [2.05, 4.69) is 14.9 Å². The monoisotopic (exact) mass is 316 g/mol. The van der Waals surface area contributed by atoms with Gasteiger partial charge in [0.15, 0.2) is 0 Å².